The van der Waals surface area contributed by atoms with Gasteiger partial charge in [-0.05, 0) is 12.1 Å². The third-order valence-corrected chi connectivity index (χ3v) is 1.10. The van der Waals surface area contributed by atoms with E-state index in [2.05, 4.69) is 26.4 Å². The highest BCUT2D eigenvalue weighted by molar-refractivity contribution is 5.74. The van der Waals surface area contributed by atoms with E-state index in [-0.39, 0.29) is 6.03 Å². The molecular formula is C6H9N5O. The highest BCUT2D eigenvalue weighted by atomic mass is 16.2. The van der Waals surface area contributed by atoms with Crippen molar-refractivity contribution in [3.05, 3.63) is 18.3 Å². The van der Waals surface area contributed by atoms with E-state index in [0.29, 0.717) is 5.82 Å². The summed E-state index contributed by atoms with van der Waals surface area (Å²) in [5.41, 5.74) is 4.91. The van der Waals surface area contributed by atoms with Gasteiger partial charge >= 0.3 is 6.03 Å². The molecule has 0 saturated carbocycles. The molecule has 0 atom stereocenters. The number of carbonyl (C=O) groups excluding carboxylic acids is 1. The normalized spacial score (nSPS) is 8.75. The molecule has 0 saturated heterocycles. The summed E-state index contributed by atoms with van der Waals surface area (Å²) in [6, 6.07) is 3.06. The first-order chi connectivity index (χ1) is 5.83. The molecule has 1 heterocycles. The van der Waals surface area contributed by atoms with E-state index in [1.165, 1.54) is 7.05 Å². The molecule has 0 unspecified atom stereocenters. The number of amides is 2. The molecule has 64 valence electrons. The minimum Gasteiger partial charge on any atom is -0.340 e. The van der Waals surface area contributed by atoms with Crippen molar-refractivity contribution in [1.29, 1.82) is 0 Å². The molecule has 1 aromatic heterocycles. The molecule has 2 amide bonds. The highest BCUT2D eigenvalue weighted by Crippen LogP contribution is 1.93. The molecule has 12 heavy (non-hydrogen) atoms. The second kappa shape index (κ2) is 4.12. The number of carbonyl (C=O) groups is 1. The lowest BCUT2D eigenvalue weighted by Gasteiger charge is -2.04. The van der Waals surface area contributed by atoms with Gasteiger partial charge in [-0.2, -0.15) is 5.10 Å². The van der Waals surface area contributed by atoms with E-state index >= 15 is 0 Å². The third kappa shape index (κ3) is 2.41. The monoisotopic (exact) mass is 167 g/mol. The van der Waals surface area contributed by atoms with E-state index in [4.69, 9.17) is 0 Å². The van der Waals surface area contributed by atoms with Gasteiger partial charge in [0.15, 0.2) is 5.82 Å². The van der Waals surface area contributed by atoms with Gasteiger partial charge in [0.2, 0.25) is 0 Å². The molecule has 6 heteroatoms. The zero-order valence-electron chi connectivity index (χ0n) is 6.53. The Kier molecular flexibility index (Phi) is 2.83. The summed E-state index contributed by atoms with van der Waals surface area (Å²) in [6.07, 6.45) is 1.55. The van der Waals surface area contributed by atoms with Gasteiger partial charge in [-0.15, -0.1) is 5.10 Å². The van der Waals surface area contributed by atoms with Crippen LogP contribution in [0.4, 0.5) is 10.6 Å². The molecule has 0 aliphatic carbocycles. The van der Waals surface area contributed by atoms with Gasteiger partial charge in [0.25, 0.3) is 0 Å². The maximum atomic E-state index is 10.7. The van der Waals surface area contributed by atoms with Gasteiger partial charge in [-0.25, -0.2) is 4.79 Å². The number of nitrogens with one attached hydrogen (secondary N) is 3. The number of aromatic nitrogens is 2. The molecule has 0 fully saturated rings. The van der Waals surface area contributed by atoms with Crippen LogP contribution in [0.2, 0.25) is 0 Å². The zero-order valence-corrected chi connectivity index (χ0v) is 6.53. The number of anilines is 1. The van der Waals surface area contributed by atoms with Gasteiger partial charge in [0, 0.05) is 13.2 Å². The van der Waals surface area contributed by atoms with E-state index in [1.807, 2.05) is 0 Å². The fraction of sp³-hybridized carbons (Fsp3) is 0.167. The second-order valence-corrected chi connectivity index (χ2v) is 1.94. The van der Waals surface area contributed by atoms with Gasteiger partial charge < -0.3 is 5.32 Å². The smallest absolute Gasteiger partial charge is 0.333 e. The van der Waals surface area contributed by atoms with Crippen molar-refractivity contribution in [2.75, 3.05) is 12.5 Å². The Morgan fingerprint density at radius 3 is 3.00 bits per heavy atom. The molecule has 0 aliphatic rings. The van der Waals surface area contributed by atoms with Crippen LogP contribution in [-0.2, 0) is 0 Å². The summed E-state index contributed by atoms with van der Waals surface area (Å²) in [6.45, 7) is 0. The second-order valence-electron chi connectivity index (χ2n) is 1.94. The van der Waals surface area contributed by atoms with Crippen LogP contribution in [0.3, 0.4) is 0 Å². The van der Waals surface area contributed by atoms with E-state index in [0.717, 1.165) is 0 Å². The Labute approximate surface area is 69.4 Å². The van der Waals surface area contributed by atoms with Crippen LogP contribution in [0.5, 0.6) is 0 Å². The number of urea groups is 1. The summed E-state index contributed by atoms with van der Waals surface area (Å²) < 4.78 is 0. The Hall–Kier alpha value is -1.85. The molecule has 1 aromatic rings. The lowest BCUT2D eigenvalue weighted by Crippen LogP contribution is -2.37. The van der Waals surface area contributed by atoms with Crippen molar-refractivity contribution in [2.24, 2.45) is 0 Å². The third-order valence-electron chi connectivity index (χ3n) is 1.10. The maximum Gasteiger partial charge on any atom is 0.333 e. The summed E-state index contributed by atoms with van der Waals surface area (Å²) in [7, 11) is 1.52. The van der Waals surface area contributed by atoms with E-state index in [9.17, 15) is 4.79 Å². The Bertz CT molecular complexity index is 249. The largest absolute Gasteiger partial charge is 0.340 e. The van der Waals surface area contributed by atoms with Crippen LogP contribution in [0.15, 0.2) is 18.3 Å². The van der Waals surface area contributed by atoms with E-state index in [1.54, 1.807) is 18.3 Å². The summed E-state index contributed by atoms with van der Waals surface area (Å²) in [5, 5.41) is 9.66. The lowest BCUT2D eigenvalue weighted by molar-refractivity contribution is 0.244. The topological polar surface area (TPSA) is 78.9 Å². The van der Waals surface area contributed by atoms with Crippen molar-refractivity contribution >= 4 is 11.8 Å². The number of nitrogens with zero attached hydrogens (tertiary/aromatic N) is 2. The highest BCUT2D eigenvalue weighted by Gasteiger charge is 1.94. The van der Waals surface area contributed by atoms with Crippen molar-refractivity contribution < 1.29 is 4.79 Å². The van der Waals surface area contributed by atoms with Gasteiger partial charge in [-0.3, -0.25) is 10.9 Å². The molecule has 0 spiro atoms. The Morgan fingerprint density at radius 2 is 2.42 bits per heavy atom. The van der Waals surface area contributed by atoms with Crippen LogP contribution < -0.4 is 16.2 Å². The Morgan fingerprint density at radius 1 is 1.58 bits per heavy atom. The fourth-order valence-corrected chi connectivity index (χ4v) is 0.552. The molecule has 3 N–H and O–H groups in total. The number of hydrazine groups is 1. The molecule has 1 rings (SSSR count). The fourth-order valence-electron chi connectivity index (χ4n) is 0.552. The van der Waals surface area contributed by atoms with Crippen LogP contribution in [0.25, 0.3) is 0 Å². The summed E-state index contributed by atoms with van der Waals surface area (Å²) >= 11 is 0. The number of rotatable bonds is 2. The molecule has 0 aliphatic heterocycles. The first-order valence-electron chi connectivity index (χ1n) is 3.34. The van der Waals surface area contributed by atoms with Crippen LogP contribution in [0.1, 0.15) is 0 Å². The average Bonchev–Trinajstić information content (AvgIpc) is 2.16. The average molecular weight is 167 g/mol. The lowest BCUT2D eigenvalue weighted by atomic mass is 10.5. The van der Waals surface area contributed by atoms with Gasteiger partial charge in [0.05, 0.1) is 0 Å². The van der Waals surface area contributed by atoms with Crippen molar-refractivity contribution in [3.63, 3.8) is 0 Å². The molecule has 0 radical (unpaired) electrons. The quantitative estimate of drug-likeness (QED) is 0.530. The summed E-state index contributed by atoms with van der Waals surface area (Å²) in [5.74, 6) is 0.487. The maximum absolute atomic E-state index is 10.7. The molecule has 0 bridgehead atoms. The minimum atomic E-state index is -0.333. The predicted octanol–water partition coefficient (Wildman–Crippen LogP) is -0.268. The van der Waals surface area contributed by atoms with Gasteiger partial charge in [-0.1, -0.05) is 0 Å². The van der Waals surface area contributed by atoms with Crippen molar-refractivity contribution in [2.45, 2.75) is 0 Å². The van der Waals surface area contributed by atoms with Crippen LogP contribution in [0, 0.1) is 0 Å². The van der Waals surface area contributed by atoms with Crippen molar-refractivity contribution in [3.8, 4) is 0 Å². The molecule has 0 aromatic carbocycles. The minimum absolute atomic E-state index is 0.333. The first kappa shape index (κ1) is 8.25. The Balaban J connectivity index is 2.38. The number of hydrogen-bond donors (Lipinski definition) is 3. The number of hydrogen-bond acceptors (Lipinski definition) is 4. The van der Waals surface area contributed by atoms with Crippen LogP contribution in [-0.4, -0.2) is 23.3 Å². The first-order valence-corrected chi connectivity index (χ1v) is 3.34. The molecular weight excluding hydrogens is 158 g/mol. The molecule has 6 nitrogen and oxygen atoms in total. The standard InChI is InChI=1S/C6H9N5O/c1-7-6(12)11-10-5-3-2-4-8-9-5/h2-4H,1H3,(H,9,10)(H2,7,11,12). The van der Waals surface area contributed by atoms with Gasteiger partial charge in [0.1, 0.15) is 0 Å². The predicted molar refractivity (Wildman–Crippen MR) is 43.2 cm³/mol. The van der Waals surface area contributed by atoms with Crippen molar-refractivity contribution in [1.82, 2.24) is 20.9 Å². The SMILES string of the molecule is CNC(=O)NNc1cccnn1. The zero-order chi connectivity index (χ0) is 8.81. The van der Waals surface area contributed by atoms with E-state index < -0.39 is 0 Å². The van der Waals surface area contributed by atoms with Crippen LogP contribution >= 0.6 is 0 Å². The summed E-state index contributed by atoms with van der Waals surface area (Å²) in [4.78, 5) is 10.7.